The van der Waals surface area contributed by atoms with Crippen LogP contribution in [0, 0.1) is 5.82 Å². The Bertz CT molecular complexity index is 527. The van der Waals surface area contributed by atoms with Gasteiger partial charge in [0.05, 0.1) is 7.11 Å². The molecule has 2 aromatic rings. The molecule has 2 nitrogen and oxygen atoms in total. The van der Waals surface area contributed by atoms with Crippen LogP contribution in [0.2, 0.25) is 0 Å². The van der Waals surface area contributed by atoms with Gasteiger partial charge in [-0.15, -0.1) is 0 Å². The zero-order valence-corrected chi connectivity index (χ0v) is 11.4. The molecule has 0 aliphatic carbocycles. The van der Waals surface area contributed by atoms with Gasteiger partial charge < -0.3 is 9.84 Å². The fourth-order valence-corrected chi connectivity index (χ4v) is 3.05. The first kappa shape index (κ1) is 12.5. The van der Waals surface area contributed by atoms with E-state index < -0.39 is 11.9 Å². The molecule has 0 radical (unpaired) electrons. The Kier molecular flexibility index (Phi) is 3.81. The second-order valence-corrected chi connectivity index (χ2v) is 5.07. The minimum atomic E-state index is -0.787. The Hall–Kier alpha value is -0.910. The van der Waals surface area contributed by atoms with Gasteiger partial charge in [0.1, 0.15) is 6.10 Å². The Morgan fingerprint density at radius 2 is 2.18 bits per heavy atom. The summed E-state index contributed by atoms with van der Waals surface area (Å²) in [7, 11) is 1.40. The molecule has 0 fully saturated rings. The monoisotopic (exact) mass is 316 g/mol. The predicted molar refractivity (Wildman–Crippen MR) is 69.0 cm³/mol. The molecule has 5 heteroatoms. The fraction of sp³-hybridized carbons (Fsp3) is 0.167. The number of methoxy groups -OCH3 is 1. The number of thiophene rings is 1. The number of rotatable bonds is 3. The summed E-state index contributed by atoms with van der Waals surface area (Å²) in [6, 6.07) is 4.34. The van der Waals surface area contributed by atoms with Crippen molar-refractivity contribution in [2.75, 3.05) is 7.11 Å². The van der Waals surface area contributed by atoms with E-state index in [9.17, 15) is 9.50 Å². The number of ether oxygens (including phenoxy) is 1. The van der Waals surface area contributed by atoms with E-state index in [1.54, 1.807) is 6.07 Å². The van der Waals surface area contributed by atoms with Crippen LogP contribution in [0.4, 0.5) is 4.39 Å². The van der Waals surface area contributed by atoms with Crippen molar-refractivity contribution >= 4 is 27.3 Å². The van der Waals surface area contributed by atoms with Crippen LogP contribution >= 0.6 is 27.3 Å². The van der Waals surface area contributed by atoms with Gasteiger partial charge >= 0.3 is 0 Å². The van der Waals surface area contributed by atoms with Gasteiger partial charge in [-0.3, -0.25) is 0 Å². The molecule has 0 saturated carbocycles. The van der Waals surface area contributed by atoms with E-state index in [1.165, 1.54) is 30.6 Å². The molecule has 1 aromatic heterocycles. The average Bonchev–Trinajstić information content (AvgIpc) is 2.75. The molecule has 0 amide bonds. The fourth-order valence-electron chi connectivity index (χ4n) is 1.51. The van der Waals surface area contributed by atoms with E-state index in [4.69, 9.17) is 4.74 Å². The van der Waals surface area contributed by atoms with Gasteiger partial charge in [-0.2, -0.15) is 11.3 Å². The second-order valence-electron chi connectivity index (χ2n) is 3.47. The van der Waals surface area contributed by atoms with E-state index >= 15 is 0 Å². The van der Waals surface area contributed by atoms with E-state index in [0.29, 0.717) is 5.56 Å². The number of hydrogen-bond acceptors (Lipinski definition) is 3. The highest BCUT2D eigenvalue weighted by Gasteiger charge is 2.16. The summed E-state index contributed by atoms with van der Waals surface area (Å²) in [6.45, 7) is 0. The summed E-state index contributed by atoms with van der Waals surface area (Å²) in [5.74, 6) is -0.305. The molecule has 17 heavy (non-hydrogen) atoms. The van der Waals surface area contributed by atoms with E-state index in [-0.39, 0.29) is 5.75 Å². The van der Waals surface area contributed by atoms with Gasteiger partial charge in [0.2, 0.25) is 0 Å². The molecule has 1 atom stereocenters. The minimum absolute atomic E-state index is 0.132. The van der Waals surface area contributed by atoms with Gasteiger partial charge in [-0.05, 0) is 39.0 Å². The molecular weight excluding hydrogens is 307 g/mol. The summed E-state index contributed by atoms with van der Waals surface area (Å²) in [4.78, 5) is 0. The maximum atomic E-state index is 13.2. The van der Waals surface area contributed by atoms with Crippen molar-refractivity contribution in [1.82, 2.24) is 0 Å². The van der Waals surface area contributed by atoms with Crippen LogP contribution in [-0.4, -0.2) is 12.2 Å². The molecule has 0 aliphatic rings. The second kappa shape index (κ2) is 5.16. The van der Waals surface area contributed by atoms with Crippen molar-refractivity contribution < 1.29 is 14.2 Å². The van der Waals surface area contributed by atoms with Crippen LogP contribution in [0.3, 0.4) is 0 Å². The highest BCUT2D eigenvalue weighted by Crippen LogP contribution is 2.33. The molecule has 1 aromatic carbocycles. The normalized spacial score (nSPS) is 12.5. The Morgan fingerprint density at radius 1 is 1.41 bits per heavy atom. The lowest BCUT2D eigenvalue weighted by molar-refractivity contribution is 0.219. The molecule has 0 spiro atoms. The standard InChI is InChI=1S/C12H10BrFO2S/c1-16-11-4-7(2-3-10(11)14)12(15)8-5-17-6-9(8)13/h2-6,12,15H,1H3. The van der Waals surface area contributed by atoms with Gasteiger partial charge in [-0.1, -0.05) is 6.07 Å². The summed E-state index contributed by atoms with van der Waals surface area (Å²) >= 11 is 4.85. The Morgan fingerprint density at radius 3 is 2.76 bits per heavy atom. The molecular formula is C12H10BrFO2S. The third kappa shape index (κ3) is 2.51. The third-order valence-electron chi connectivity index (χ3n) is 2.43. The maximum absolute atomic E-state index is 13.2. The number of hydrogen-bond donors (Lipinski definition) is 1. The van der Waals surface area contributed by atoms with Gasteiger partial charge in [0, 0.05) is 15.4 Å². The number of aliphatic hydroxyl groups excluding tert-OH is 1. The highest BCUT2D eigenvalue weighted by atomic mass is 79.9. The van der Waals surface area contributed by atoms with Gasteiger partial charge in [-0.25, -0.2) is 4.39 Å². The first-order valence-corrected chi connectivity index (χ1v) is 6.60. The first-order valence-electron chi connectivity index (χ1n) is 4.86. The molecule has 1 N–H and O–H groups in total. The summed E-state index contributed by atoms with van der Waals surface area (Å²) in [5, 5.41) is 13.9. The molecule has 2 rings (SSSR count). The van der Waals surface area contributed by atoms with Crippen molar-refractivity contribution in [1.29, 1.82) is 0 Å². The summed E-state index contributed by atoms with van der Waals surface area (Å²) < 4.78 is 19.0. The smallest absolute Gasteiger partial charge is 0.165 e. The maximum Gasteiger partial charge on any atom is 0.165 e. The molecule has 90 valence electrons. The van der Waals surface area contributed by atoms with E-state index in [0.717, 1.165) is 10.0 Å². The largest absolute Gasteiger partial charge is 0.494 e. The lowest BCUT2D eigenvalue weighted by Crippen LogP contribution is -2.00. The zero-order chi connectivity index (χ0) is 12.4. The molecule has 0 saturated heterocycles. The van der Waals surface area contributed by atoms with Crippen LogP contribution in [-0.2, 0) is 0 Å². The van der Waals surface area contributed by atoms with Crippen molar-refractivity contribution in [3.8, 4) is 5.75 Å². The van der Waals surface area contributed by atoms with Gasteiger partial charge in [0.25, 0.3) is 0 Å². The Balaban J connectivity index is 2.38. The quantitative estimate of drug-likeness (QED) is 0.934. The van der Waals surface area contributed by atoms with Crippen molar-refractivity contribution in [2.24, 2.45) is 0 Å². The molecule has 1 unspecified atom stereocenters. The summed E-state index contributed by atoms with van der Waals surface area (Å²) in [5.41, 5.74) is 1.37. The lowest BCUT2D eigenvalue weighted by Gasteiger charge is -2.12. The van der Waals surface area contributed by atoms with E-state index in [1.807, 2.05) is 10.8 Å². The Labute approximate surface area is 111 Å². The van der Waals surface area contributed by atoms with Crippen LogP contribution in [0.15, 0.2) is 33.4 Å². The average molecular weight is 317 g/mol. The topological polar surface area (TPSA) is 29.5 Å². The zero-order valence-electron chi connectivity index (χ0n) is 8.98. The number of benzene rings is 1. The van der Waals surface area contributed by atoms with Crippen molar-refractivity contribution in [2.45, 2.75) is 6.10 Å². The van der Waals surface area contributed by atoms with Crippen LogP contribution in [0.5, 0.6) is 5.75 Å². The third-order valence-corrected chi connectivity index (χ3v) is 4.18. The first-order chi connectivity index (χ1) is 8.13. The SMILES string of the molecule is COc1cc(C(O)c2cscc2Br)ccc1F. The van der Waals surface area contributed by atoms with Crippen molar-refractivity contribution in [3.63, 3.8) is 0 Å². The molecule has 0 aliphatic heterocycles. The highest BCUT2D eigenvalue weighted by molar-refractivity contribution is 9.10. The lowest BCUT2D eigenvalue weighted by atomic mass is 10.0. The van der Waals surface area contributed by atoms with Gasteiger partial charge in [0.15, 0.2) is 11.6 Å². The van der Waals surface area contributed by atoms with Crippen molar-refractivity contribution in [3.05, 3.63) is 50.4 Å². The predicted octanol–water partition coefficient (Wildman–Crippen LogP) is 3.74. The van der Waals surface area contributed by atoms with Crippen LogP contribution in [0.1, 0.15) is 17.2 Å². The molecule has 1 heterocycles. The summed E-state index contributed by atoms with van der Waals surface area (Å²) in [6.07, 6.45) is -0.787. The number of halogens is 2. The molecule has 0 bridgehead atoms. The van der Waals surface area contributed by atoms with E-state index in [2.05, 4.69) is 15.9 Å². The minimum Gasteiger partial charge on any atom is -0.494 e. The van der Waals surface area contributed by atoms with Crippen LogP contribution in [0.25, 0.3) is 0 Å². The number of aliphatic hydroxyl groups is 1. The van der Waals surface area contributed by atoms with Crippen LogP contribution < -0.4 is 4.74 Å².